The monoisotopic (exact) mass is 394 g/mol. The Morgan fingerprint density at radius 3 is 2.63 bits per heavy atom. The Labute approximate surface area is 156 Å². The average Bonchev–Trinajstić information content (AvgIpc) is 2.67. The molecule has 1 aliphatic rings. The second kappa shape index (κ2) is 7.41. The number of ether oxygens (including phenoxy) is 3. The van der Waals surface area contributed by atoms with Crippen LogP contribution in [0, 0.1) is 10.1 Å². The molecule has 0 aliphatic carbocycles. The molecular weight excluding hydrogens is 376 g/mol. The van der Waals surface area contributed by atoms with E-state index in [0.717, 1.165) is 10.4 Å². The topological polar surface area (TPSA) is 108 Å². The molecule has 144 valence electrons. The molecular formula is C17H18N2O7S. The van der Waals surface area contributed by atoms with Gasteiger partial charge in [-0.15, -0.1) is 0 Å². The van der Waals surface area contributed by atoms with E-state index in [1.807, 2.05) is 6.07 Å². The number of nitro groups is 1. The van der Waals surface area contributed by atoms with E-state index in [9.17, 15) is 18.5 Å². The van der Waals surface area contributed by atoms with Crippen molar-refractivity contribution in [2.75, 3.05) is 27.3 Å². The van der Waals surface area contributed by atoms with Crippen molar-refractivity contribution in [2.45, 2.75) is 11.0 Å². The maximum Gasteiger partial charge on any atom is 0.312 e. The summed E-state index contributed by atoms with van der Waals surface area (Å²) in [4.78, 5) is 10.3. The molecule has 2 aromatic carbocycles. The van der Waals surface area contributed by atoms with E-state index < -0.39 is 26.7 Å². The van der Waals surface area contributed by atoms with Crippen LogP contribution in [0.5, 0.6) is 17.2 Å². The summed E-state index contributed by atoms with van der Waals surface area (Å²) < 4.78 is 42.9. The Bertz CT molecular complexity index is 962. The standard InChI is InChI=1S/C17H18N2O7S/c1-18(10-12-11-25-16-5-3-4-6-17(16)26-12)27(22,23)13-7-8-15(24-2)14(9-13)19(20)21/h3-9,12H,10-11H2,1-2H3. The maximum absolute atomic E-state index is 12.8. The largest absolute Gasteiger partial charge is 0.490 e. The fourth-order valence-electron chi connectivity index (χ4n) is 2.69. The number of sulfonamides is 1. The van der Waals surface area contributed by atoms with E-state index in [4.69, 9.17) is 14.2 Å². The molecule has 1 heterocycles. The van der Waals surface area contributed by atoms with Crippen LogP contribution >= 0.6 is 0 Å². The normalized spacial score (nSPS) is 16.2. The third kappa shape index (κ3) is 3.81. The van der Waals surface area contributed by atoms with E-state index in [-0.39, 0.29) is 23.8 Å². The van der Waals surface area contributed by atoms with Crippen molar-refractivity contribution in [1.82, 2.24) is 4.31 Å². The van der Waals surface area contributed by atoms with Gasteiger partial charge in [-0.25, -0.2) is 8.42 Å². The van der Waals surface area contributed by atoms with Gasteiger partial charge < -0.3 is 14.2 Å². The molecule has 0 bridgehead atoms. The van der Waals surface area contributed by atoms with Crippen molar-refractivity contribution in [3.05, 3.63) is 52.6 Å². The lowest BCUT2D eigenvalue weighted by Crippen LogP contribution is -2.41. The van der Waals surface area contributed by atoms with Crippen LogP contribution in [0.25, 0.3) is 0 Å². The summed E-state index contributed by atoms with van der Waals surface area (Å²) in [6.07, 6.45) is -0.507. The quantitative estimate of drug-likeness (QED) is 0.545. The predicted molar refractivity (Wildman–Crippen MR) is 95.8 cm³/mol. The van der Waals surface area contributed by atoms with Crippen molar-refractivity contribution < 1.29 is 27.6 Å². The Morgan fingerprint density at radius 1 is 1.26 bits per heavy atom. The highest BCUT2D eigenvalue weighted by Crippen LogP contribution is 2.32. The zero-order valence-electron chi connectivity index (χ0n) is 14.7. The molecule has 9 nitrogen and oxygen atoms in total. The van der Waals surface area contributed by atoms with E-state index >= 15 is 0 Å². The van der Waals surface area contributed by atoms with Gasteiger partial charge in [0.05, 0.1) is 23.5 Å². The smallest absolute Gasteiger partial charge is 0.312 e. The molecule has 0 amide bonds. The first kappa shape index (κ1) is 18.9. The van der Waals surface area contributed by atoms with E-state index in [0.29, 0.717) is 11.5 Å². The van der Waals surface area contributed by atoms with Crippen LogP contribution in [0.2, 0.25) is 0 Å². The molecule has 1 aliphatic heterocycles. The predicted octanol–water partition coefficient (Wildman–Crippen LogP) is 2.06. The number of para-hydroxylation sites is 2. The summed E-state index contributed by atoms with van der Waals surface area (Å²) in [6, 6.07) is 10.6. The van der Waals surface area contributed by atoms with Crippen LogP contribution in [0.1, 0.15) is 0 Å². The minimum absolute atomic E-state index is 0.0118. The number of nitro benzene ring substituents is 1. The molecule has 2 aromatic rings. The lowest BCUT2D eigenvalue weighted by molar-refractivity contribution is -0.386. The fourth-order valence-corrected chi connectivity index (χ4v) is 3.91. The first-order valence-electron chi connectivity index (χ1n) is 8.00. The first-order chi connectivity index (χ1) is 12.8. The van der Waals surface area contributed by atoms with Gasteiger partial charge in [0.25, 0.3) is 0 Å². The zero-order chi connectivity index (χ0) is 19.6. The number of hydrogen-bond acceptors (Lipinski definition) is 7. The van der Waals surface area contributed by atoms with Crippen LogP contribution in [-0.2, 0) is 10.0 Å². The molecule has 10 heteroatoms. The second-order valence-electron chi connectivity index (χ2n) is 5.87. The Hall–Kier alpha value is -2.85. The van der Waals surface area contributed by atoms with Crippen LogP contribution in [0.4, 0.5) is 5.69 Å². The zero-order valence-corrected chi connectivity index (χ0v) is 15.5. The van der Waals surface area contributed by atoms with Gasteiger partial charge in [-0.3, -0.25) is 10.1 Å². The average molecular weight is 394 g/mol. The van der Waals surface area contributed by atoms with Gasteiger partial charge in [-0.2, -0.15) is 4.31 Å². The first-order valence-corrected chi connectivity index (χ1v) is 9.44. The molecule has 0 saturated heterocycles. The highest BCUT2D eigenvalue weighted by molar-refractivity contribution is 7.89. The Balaban J connectivity index is 1.79. The highest BCUT2D eigenvalue weighted by atomic mass is 32.2. The van der Waals surface area contributed by atoms with E-state index in [2.05, 4.69) is 0 Å². The molecule has 0 spiro atoms. The van der Waals surface area contributed by atoms with Gasteiger partial charge in [0.15, 0.2) is 17.2 Å². The van der Waals surface area contributed by atoms with Crippen molar-refractivity contribution in [3.8, 4) is 17.2 Å². The molecule has 0 N–H and O–H groups in total. The van der Waals surface area contributed by atoms with Gasteiger partial charge in [-0.1, -0.05) is 12.1 Å². The number of benzene rings is 2. The summed E-state index contributed by atoms with van der Waals surface area (Å²) in [5.74, 6) is 1.13. The summed E-state index contributed by atoms with van der Waals surface area (Å²) in [7, 11) is -1.30. The van der Waals surface area contributed by atoms with Crippen molar-refractivity contribution in [3.63, 3.8) is 0 Å². The van der Waals surface area contributed by atoms with Gasteiger partial charge in [0.2, 0.25) is 10.0 Å². The van der Waals surface area contributed by atoms with Crippen LogP contribution in [-0.4, -0.2) is 51.1 Å². The number of fused-ring (bicyclic) bond motifs is 1. The lowest BCUT2D eigenvalue weighted by Gasteiger charge is -2.29. The van der Waals surface area contributed by atoms with Crippen LogP contribution in [0.3, 0.4) is 0 Å². The molecule has 1 unspecified atom stereocenters. The summed E-state index contributed by atoms with van der Waals surface area (Å²) in [5.41, 5.74) is -0.418. The molecule has 27 heavy (non-hydrogen) atoms. The minimum Gasteiger partial charge on any atom is -0.490 e. The minimum atomic E-state index is -3.96. The lowest BCUT2D eigenvalue weighted by atomic mass is 10.2. The van der Waals surface area contributed by atoms with Gasteiger partial charge in [-0.05, 0) is 24.3 Å². The van der Waals surface area contributed by atoms with Crippen molar-refractivity contribution >= 4 is 15.7 Å². The summed E-state index contributed by atoms with van der Waals surface area (Å²) in [5, 5.41) is 11.1. The van der Waals surface area contributed by atoms with Gasteiger partial charge in [0, 0.05) is 13.1 Å². The summed E-state index contributed by atoms with van der Waals surface area (Å²) >= 11 is 0. The van der Waals surface area contributed by atoms with E-state index in [1.165, 1.54) is 26.3 Å². The van der Waals surface area contributed by atoms with Crippen molar-refractivity contribution in [1.29, 1.82) is 0 Å². The number of hydrogen-bond donors (Lipinski definition) is 0. The molecule has 3 rings (SSSR count). The number of nitrogens with zero attached hydrogens (tertiary/aromatic N) is 2. The number of rotatable bonds is 6. The summed E-state index contributed by atoms with van der Waals surface area (Å²) in [6.45, 7) is 0.218. The Kier molecular flexibility index (Phi) is 5.19. The highest BCUT2D eigenvalue weighted by Gasteiger charge is 2.30. The molecule has 0 radical (unpaired) electrons. The molecule has 0 fully saturated rings. The Morgan fingerprint density at radius 2 is 1.96 bits per heavy atom. The van der Waals surface area contributed by atoms with Gasteiger partial charge >= 0.3 is 5.69 Å². The van der Waals surface area contributed by atoms with Gasteiger partial charge in [0.1, 0.15) is 12.7 Å². The van der Waals surface area contributed by atoms with Crippen LogP contribution < -0.4 is 14.2 Å². The number of methoxy groups -OCH3 is 1. The maximum atomic E-state index is 12.8. The van der Waals surface area contributed by atoms with Crippen molar-refractivity contribution in [2.24, 2.45) is 0 Å². The van der Waals surface area contributed by atoms with Crippen LogP contribution in [0.15, 0.2) is 47.4 Å². The SMILES string of the molecule is COc1ccc(S(=O)(=O)N(C)CC2COc3ccccc3O2)cc1[N+](=O)[O-]. The molecule has 0 saturated carbocycles. The third-order valence-corrected chi connectivity index (χ3v) is 5.90. The molecule has 1 atom stereocenters. The fraction of sp³-hybridized carbons (Fsp3) is 0.294. The third-order valence-electron chi connectivity index (χ3n) is 4.08. The van der Waals surface area contributed by atoms with E-state index in [1.54, 1.807) is 18.2 Å². The second-order valence-corrected chi connectivity index (χ2v) is 7.92. The number of likely N-dealkylation sites (N-methyl/N-ethyl adjacent to an activating group) is 1. The molecule has 0 aromatic heterocycles.